The minimum Gasteiger partial charge on any atom is -0.370 e. The molecule has 9 heteroatoms. The van der Waals surface area contributed by atoms with Gasteiger partial charge in [-0.05, 0) is 39.0 Å². The molecule has 0 aromatic carbocycles. The fraction of sp³-hybridized carbons (Fsp3) is 0.652. The lowest BCUT2D eigenvalue weighted by Crippen LogP contribution is -2.41. The smallest absolute Gasteiger partial charge is 0.276 e. The Morgan fingerprint density at radius 2 is 1.94 bits per heavy atom. The van der Waals surface area contributed by atoms with Crippen LogP contribution < -0.4 is 0 Å². The fourth-order valence-electron chi connectivity index (χ4n) is 4.47. The van der Waals surface area contributed by atoms with Gasteiger partial charge in [-0.2, -0.15) is 0 Å². The molecule has 1 atom stereocenters. The number of ether oxygens (including phenoxy) is 1. The average molecular weight is 445 g/mol. The topological polar surface area (TPSA) is 102 Å². The number of hydrogen-bond donors (Lipinski definition) is 0. The van der Waals surface area contributed by atoms with Crippen molar-refractivity contribution in [2.24, 2.45) is 5.92 Å². The van der Waals surface area contributed by atoms with Crippen molar-refractivity contribution in [3.05, 3.63) is 34.0 Å². The average Bonchev–Trinajstić information content (AvgIpc) is 3.28. The summed E-state index contributed by atoms with van der Waals surface area (Å²) in [4.78, 5) is 29.8. The molecular weight excluding hydrogens is 412 g/mol. The third-order valence-electron chi connectivity index (χ3n) is 6.20. The minimum absolute atomic E-state index is 0.0123. The predicted molar refractivity (Wildman–Crippen MR) is 115 cm³/mol. The number of hydrogen-bond acceptors (Lipinski definition) is 7. The normalized spacial score (nSPS) is 19.4. The Bertz CT molecular complexity index is 960. The van der Waals surface area contributed by atoms with E-state index in [1.54, 1.807) is 9.80 Å². The van der Waals surface area contributed by atoms with Gasteiger partial charge in [0.05, 0.1) is 18.4 Å². The Hall–Kier alpha value is -2.68. The summed E-state index contributed by atoms with van der Waals surface area (Å²) >= 11 is 0. The van der Waals surface area contributed by atoms with Crippen molar-refractivity contribution in [1.82, 2.24) is 20.1 Å². The van der Waals surface area contributed by atoms with E-state index in [4.69, 9.17) is 13.8 Å². The third-order valence-corrected chi connectivity index (χ3v) is 6.20. The van der Waals surface area contributed by atoms with Gasteiger partial charge in [0.15, 0.2) is 5.69 Å². The molecule has 1 aliphatic carbocycles. The van der Waals surface area contributed by atoms with Crippen molar-refractivity contribution >= 4 is 11.8 Å². The van der Waals surface area contributed by atoms with Crippen molar-refractivity contribution in [2.75, 3.05) is 26.2 Å². The zero-order valence-corrected chi connectivity index (χ0v) is 19.3. The maximum absolute atomic E-state index is 13.4. The Morgan fingerprint density at radius 3 is 2.66 bits per heavy atom. The van der Waals surface area contributed by atoms with Crippen LogP contribution in [-0.4, -0.2) is 64.2 Å². The van der Waals surface area contributed by atoms with E-state index in [0.717, 1.165) is 48.3 Å². The maximum atomic E-state index is 13.4. The van der Waals surface area contributed by atoms with E-state index >= 15 is 0 Å². The van der Waals surface area contributed by atoms with E-state index in [0.29, 0.717) is 43.6 Å². The van der Waals surface area contributed by atoms with Crippen LogP contribution in [0.2, 0.25) is 0 Å². The largest absolute Gasteiger partial charge is 0.370 e. The van der Waals surface area contributed by atoms with E-state index in [-0.39, 0.29) is 24.5 Å². The first-order chi connectivity index (χ1) is 15.3. The molecule has 174 valence electrons. The number of amides is 2. The molecule has 1 fully saturated rings. The highest BCUT2D eigenvalue weighted by atomic mass is 16.5. The Balaban J connectivity index is 1.54. The van der Waals surface area contributed by atoms with Gasteiger partial charge in [-0.15, -0.1) is 0 Å². The highest BCUT2D eigenvalue weighted by molar-refractivity contribution is 5.96. The third kappa shape index (κ3) is 4.72. The molecule has 0 spiro atoms. The van der Waals surface area contributed by atoms with Crippen molar-refractivity contribution in [1.29, 1.82) is 0 Å². The van der Waals surface area contributed by atoms with E-state index in [9.17, 15) is 9.59 Å². The number of rotatable bonds is 6. The fourth-order valence-corrected chi connectivity index (χ4v) is 4.47. The van der Waals surface area contributed by atoms with Gasteiger partial charge in [0.2, 0.25) is 5.91 Å². The molecule has 1 aliphatic heterocycles. The molecule has 9 nitrogen and oxygen atoms in total. The standard InChI is InChI=1S/C23H32N4O5/c1-14(2)9-26-10-17(30-13-19-15(3)24-31-16(19)4)11-27(12-21(26)28)23(29)22-18-7-5-6-8-20(18)32-25-22/h14,17H,5-13H2,1-4H3. The number of nitrogens with zero attached hydrogens (tertiary/aromatic N) is 4. The van der Waals surface area contributed by atoms with Gasteiger partial charge in [-0.3, -0.25) is 9.59 Å². The molecule has 0 saturated carbocycles. The summed E-state index contributed by atoms with van der Waals surface area (Å²) < 4.78 is 16.9. The summed E-state index contributed by atoms with van der Waals surface area (Å²) in [5.74, 6) is 1.49. The van der Waals surface area contributed by atoms with E-state index in [1.165, 1.54) is 0 Å². The lowest BCUT2D eigenvalue weighted by Gasteiger charge is -2.26. The van der Waals surface area contributed by atoms with Gasteiger partial charge in [0.25, 0.3) is 5.91 Å². The zero-order chi connectivity index (χ0) is 22.8. The summed E-state index contributed by atoms with van der Waals surface area (Å²) in [7, 11) is 0. The maximum Gasteiger partial charge on any atom is 0.276 e. The van der Waals surface area contributed by atoms with E-state index < -0.39 is 0 Å². The van der Waals surface area contributed by atoms with Crippen LogP contribution in [0.5, 0.6) is 0 Å². The summed E-state index contributed by atoms with van der Waals surface area (Å²) in [6, 6.07) is 0. The lowest BCUT2D eigenvalue weighted by atomic mass is 9.96. The SMILES string of the molecule is Cc1noc(C)c1COC1CN(CC(C)C)C(=O)CN(C(=O)c2noc3c2CCCC3)C1. The molecule has 1 unspecified atom stereocenters. The second-order valence-electron chi connectivity index (χ2n) is 9.25. The lowest BCUT2D eigenvalue weighted by molar-refractivity contribution is -0.132. The summed E-state index contributed by atoms with van der Waals surface area (Å²) in [6.45, 7) is 9.56. The van der Waals surface area contributed by atoms with Crippen molar-refractivity contribution in [3.63, 3.8) is 0 Å². The van der Waals surface area contributed by atoms with Gasteiger partial charge in [0.1, 0.15) is 18.1 Å². The highest BCUT2D eigenvalue weighted by Crippen LogP contribution is 2.26. The first-order valence-electron chi connectivity index (χ1n) is 11.4. The molecule has 0 bridgehead atoms. The second kappa shape index (κ2) is 9.44. The monoisotopic (exact) mass is 444 g/mol. The van der Waals surface area contributed by atoms with Gasteiger partial charge < -0.3 is 23.6 Å². The van der Waals surface area contributed by atoms with Gasteiger partial charge >= 0.3 is 0 Å². The summed E-state index contributed by atoms with van der Waals surface area (Å²) in [6.07, 6.45) is 3.31. The molecular formula is C23H32N4O5. The second-order valence-corrected chi connectivity index (χ2v) is 9.25. The number of aryl methyl sites for hydroxylation is 3. The van der Waals surface area contributed by atoms with Crippen LogP contribution in [0, 0.1) is 19.8 Å². The number of fused-ring (bicyclic) bond motifs is 1. The quantitative estimate of drug-likeness (QED) is 0.675. The molecule has 3 heterocycles. The molecule has 2 aromatic heterocycles. The first kappa shape index (κ1) is 22.5. The zero-order valence-electron chi connectivity index (χ0n) is 19.3. The first-order valence-corrected chi connectivity index (χ1v) is 11.4. The van der Waals surface area contributed by atoms with Crippen LogP contribution in [0.3, 0.4) is 0 Å². The van der Waals surface area contributed by atoms with Gasteiger partial charge in [0, 0.05) is 37.2 Å². The van der Waals surface area contributed by atoms with Crippen LogP contribution in [0.1, 0.15) is 65.5 Å². The Kier molecular flexibility index (Phi) is 6.64. The van der Waals surface area contributed by atoms with Gasteiger partial charge in [-0.25, -0.2) is 0 Å². The Morgan fingerprint density at radius 1 is 1.16 bits per heavy atom. The Labute approximate surface area is 188 Å². The van der Waals surface area contributed by atoms with Crippen LogP contribution >= 0.6 is 0 Å². The molecule has 0 N–H and O–H groups in total. The molecule has 4 rings (SSSR count). The molecule has 2 aliphatic rings. The number of aromatic nitrogens is 2. The molecule has 2 amide bonds. The van der Waals surface area contributed by atoms with Crippen LogP contribution in [0.15, 0.2) is 9.05 Å². The van der Waals surface area contributed by atoms with E-state index in [2.05, 4.69) is 24.2 Å². The van der Waals surface area contributed by atoms with E-state index in [1.807, 2.05) is 13.8 Å². The van der Waals surface area contributed by atoms with Crippen molar-refractivity contribution in [2.45, 2.75) is 66.1 Å². The molecule has 32 heavy (non-hydrogen) atoms. The molecule has 2 aromatic rings. The van der Waals surface area contributed by atoms with Crippen LogP contribution in [0.25, 0.3) is 0 Å². The highest BCUT2D eigenvalue weighted by Gasteiger charge is 2.34. The summed E-state index contributed by atoms with van der Waals surface area (Å²) in [5.41, 5.74) is 2.92. The van der Waals surface area contributed by atoms with Crippen molar-refractivity contribution in [3.8, 4) is 0 Å². The number of carbonyl (C=O) groups excluding carboxylic acids is 2. The van der Waals surface area contributed by atoms with Crippen LogP contribution in [0.4, 0.5) is 0 Å². The minimum atomic E-state index is -0.333. The number of carbonyl (C=O) groups is 2. The van der Waals surface area contributed by atoms with Gasteiger partial charge in [-0.1, -0.05) is 24.2 Å². The van der Waals surface area contributed by atoms with Crippen LogP contribution in [-0.2, 0) is 29.0 Å². The molecule has 1 saturated heterocycles. The predicted octanol–water partition coefficient (Wildman–Crippen LogP) is 2.68. The van der Waals surface area contributed by atoms with Crippen molar-refractivity contribution < 1.29 is 23.4 Å². The summed E-state index contributed by atoms with van der Waals surface area (Å²) in [5, 5.41) is 8.06. The molecule has 0 radical (unpaired) electrons.